The number of sulfonamides is 1. The van der Waals surface area contributed by atoms with Gasteiger partial charge in [-0.15, -0.1) is 11.3 Å². The first-order valence-electron chi connectivity index (χ1n) is 6.29. The van der Waals surface area contributed by atoms with Crippen molar-refractivity contribution in [1.29, 1.82) is 0 Å². The largest absolute Gasteiger partial charge is 0.347 e. The van der Waals surface area contributed by atoms with Crippen molar-refractivity contribution in [1.82, 2.24) is 10.2 Å². The molecule has 1 aromatic heterocycles. The number of nitrogens with one attached hydrogen (secondary N) is 1. The maximum atomic E-state index is 12.0. The molecular weight excluding hydrogens is 314 g/mol. The molecule has 0 bridgehead atoms. The van der Waals surface area contributed by atoms with Crippen LogP contribution in [0.1, 0.15) is 14.5 Å². The Morgan fingerprint density at radius 2 is 2.10 bits per heavy atom. The Hall–Kier alpha value is -1.61. The highest BCUT2D eigenvalue weighted by Gasteiger charge is 2.29. The SMILES string of the molecule is CN(C)C(=O)CNC(=O)c1cc2c(s1)CCN2S(C)(=O)=O. The molecule has 9 heteroatoms. The fraction of sp³-hybridized carbons (Fsp3) is 0.500. The molecule has 2 rings (SSSR count). The number of rotatable bonds is 4. The fourth-order valence-electron chi connectivity index (χ4n) is 1.99. The van der Waals surface area contributed by atoms with Crippen LogP contribution in [0, 0.1) is 0 Å². The summed E-state index contributed by atoms with van der Waals surface area (Å²) in [5, 5.41) is 2.53. The number of fused-ring (bicyclic) bond motifs is 1. The van der Waals surface area contributed by atoms with Crippen molar-refractivity contribution in [2.75, 3.05) is 37.7 Å². The Morgan fingerprint density at radius 1 is 1.43 bits per heavy atom. The number of hydrogen-bond donors (Lipinski definition) is 1. The Balaban J connectivity index is 2.10. The van der Waals surface area contributed by atoms with Crippen LogP contribution >= 0.6 is 11.3 Å². The molecule has 2 heterocycles. The van der Waals surface area contributed by atoms with Crippen molar-refractivity contribution in [3.63, 3.8) is 0 Å². The van der Waals surface area contributed by atoms with Crippen LogP contribution in [-0.2, 0) is 21.2 Å². The molecule has 116 valence electrons. The number of carbonyl (C=O) groups is 2. The van der Waals surface area contributed by atoms with Crippen LogP contribution in [0.2, 0.25) is 0 Å². The standard InChI is InChI=1S/C12H17N3O4S2/c1-14(2)11(16)7-13-12(17)10-6-8-9(20-10)4-5-15(8)21(3,18)19/h6H,4-5,7H2,1-3H3,(H,13,17). The van der Waals surface area contributed by atoms with Crippen LogP contribution in [0.25, 0.3) is 0 Å². The number of likely N-dealkylation sites (N-methyl/N-ethyl adjacent to an activating group) is 1. The zero-order chi connectivity index (χ0) is 15.8. The molecule has 1 aliphatic rings. The lowest BCUT2D eigenvalue weighted by molar-refractivity contribution is -0.127. The van der Waals surface area contributed by atoms with E-state index < -0.39 is 10.0 Å². The lowest BCUT2D eigenvalue weighted by Crippen LogP contribution is -2.36. The first-order chi connectivity index (χ1) is 9.70. The Labute approximate surface area is 127 Å². The molecule has 0 unspecified atom stereocenters. The van der Waals surface area contributed by atoms with Gasteiger partial charge in [0.2, 0.25) is 15.9 Å². The highest BCUT2D eigenvalue weighted by molar-refractivity contribution is 7.92. The third kappa shape index (κ3) is 3.35. The number of thiophene rings is 1. The molecule has 0 spiro atoms. The average molecular weight is 331 g/mol. The van der Waals surface area contributed by atoms with Gasteiger partial charge in [-0.1, -0.05) is 0 Å². The average Bonchev–Trinajstić information content (AvgIpc) is 2.92. The van der Waals surface area contributed by atoms with Crippen molar-refractivity contribution in [2.24, 2.45) is 0 Å². The lowest BCUT2D eigenvalue weighted by atomic mass is 10.3. The van der Waals surface area contributed by atoms with Gasteiger partial charge >= 0.3 is 0 Å². The summed E-state index contributed by atoms with van der Waals surface area (Å²) in [5.41, 5.74) is 0.576. The van der Waals surface area contributed by atoms with E-state index in [1.807, 2.05) is 0 Å². The molecule has 1 N–H and O–H groups in total. The van der Waals surface area contributed by atoms with Gasteiger partial charge in [0.05, 0.1) is 23.4 Å². The zero-order valence-corrected chi connectivity index (χ0v) is 13.7. The minimum absolute atomic E-state index is 0.0792. The van der Waals surface area contributed by atoms with E-state index in [0.29, 0.717) is 23.5 Å². The van der Waals surface area contributed by atoms with Gasteiger partial charge in [0, 0.05) is 31.9 Å². The Kier molecular flexibility index (Phi) is 4.24. The quantitative estimate of drug-likeness (QED) is 0.834. The van der Waals surface area contributed by atoms with Crippen molar-refractivity contribution in [2.45, 2.75) is 6.42 Å². The van der Waals surface area contributed by atoms with Gasteiger partial charge in [0.25, 0.3) is 5.91 Å². The molecule has 7 nitrogen and oxygen atoms in total. The van der Waals surface area contributed by atoms with E-state index in [1.165, 1.54) is 20.5 Å². The molecule has 0 radical (unpaired) electrons. The second-order valence-corrected chi connectivity index (χ2v) is 8.02. The molecule has 0 saturated carbocycles. The van der Waals surface area contributed by atoms with Crippen molar-refractivity contribution < 1.29 is 18.0 Å². The van der Waals surface area contributed by atoms with Crippen LogP contribution in [-0.4, -0.2) is 58.6 Å². The fourth-order valence-corrected chi connectivity index (χ4v) is 4.06. The van der Waals surface area contributed by atoms with Gasteiger partial charge in [-0.2, -0.15) is 0 Å². The molecule has 0 atom stereocenters. The normalized spacial score (nSPS) is 14.0. The van der Waals surface area contributed by atoms with Gasteiger partial charge in [0.1, 0.15) is 0 Å². The minimum Gasteiger partial charge on any atom is -0.347 e. The molecule has 0 fully saturated rings. The summed E-state index contributed by atoms with van der Waals surface area (Å²) < 4.78 is 24.6. The van der Waals surface area contributed by atoms with Crippen LogP contribution < -0.4 is 9.62 Å². The molecule has 0 saturated heterocycles. The number of carbonyl (C=O) groups excluding carboxylic acids is 2. The second kappa shape index (κ2) is 5.64. The highest BCUT2D eigenvalue weighted by Crippen LogP contribution is 2.37. The molecule has 0 aromatic carbocycles. The van der Waals surface area contributed by atoms with E-state index >= 15 is 0 Å². The van der Waals surface area contributed by atoms with Crippen LogP contribution in [0.4, 0.5) is 5.69 Å². The van der Waals surface area contributed by atoms with Gasteiger partial charge in [-0.05, 0) is 6.07 Å². The van der Waals surface area contributed by atoms with Crippen molar-refractivity contribution in [3.8, 4) is 0 Å². The number of anilines is 1. The third-order valence-electron chi connectivity index (χ3n) is 3.12. The molecule has 1 aromatic rings. The van der Waals surface area contributed by atoms with Crippen LogP contribution in [0.15, 0.2) is 6.07 Å². The molecule has 21 heavy (non-hydrogen) atoms. The summed E-state index contributed by atoms with van der Waals surface area (Å²) in [6.45, 7) is 0.338. The topological polar surface area (TPSA) is 86.8 Å². The van der Waals surface area contributed by atoms with E-state index in [-0.39, 0.29) is 18.4 Å². The van der Waals surface area contributed by atoms with E-state index in [2.05, 4.69) is 5.32 Å². The summed E-state index contributed by atoms with van der Waals surface area (Å²) in [6, 6.07) is 1.57. The number of hydrogen-bond acceptors (Lipinski definition) is 5. The maximum absolute atomic E-state index is 12.0. The van der Waals surface area contributed by atoms with Gasteiger partial charge in [-0.3, -0.25) is 13.9 Å². The Morgan fingerprint density at radius 3 is 2.67 bits per heavy atom. The smallest absolute Gasteiger partial charge is 0.261 e. The molecule has 1 aliphatic heterocycles. The van der Waals surface area contributed by atoms with E-state index in [4.69, 9.17) is 0 Å². The molecule has 0 aliphatic carbocycles. The van der Waals surface area contributed by atoms with Gasteiger partial charge in [0.15, 0.2) is 0 Å². The summed E-state index contributed by atoms with van der Waals surface area (Å²) in [7, 11) is -0.0992. The summed E-state index contributed by atoms with van der Waals surface area (Å²) in [5.74, 6) is -0.566. The van der Waals surface area contributed by atoms with Gasteiger partial charge in [-0.25, -0.2) is 8.42 Å². The van der Waals surface area contributed by atoms with Gasteiger partial charge < -0.3 is 10.2 Å². The molecule has 2 amide bonds. The summed E-state index contributed by atoms with van der Waals surface area (Å²) in [6.07, 6.45) is 1.76. The van der Waals surface area contributed by atoms with E-state index in [1.54, 1.807) is 20.2 Å². The summed E-state index contributed by atoms with van der Waals surface area (Å²) in [4.78, 5) is 26.1. The van der Waals surface area contributed by atoms with Crippen molar-refractivity contribution >= 4 is 38.9 Å². The number of amides is 2. The predicted molar refractivity (Wildman–Crippen MR) is 81.2 cm³/mol. The first kappa shape index (κ1) is 15.8. The molecular formula is C12H17N3O4S2. The first-order valence-corrected chi connectivity index (χ1v) is 8.95. The minimum atomic E-state index is -3.32. The third-order valence-corrected chi connectivity index (χ3v) is 5.48. The van der Waals surface area contributed by atoms with Crippen LogP contribution in [0.3, 0.4) is 0 Å². The highest BCUT2D eigenvalue weighted by atomic mass is 32.2. The predicted octanol–water partition coefficient (Wildman–Crippen LogP) is -0.112. The maximum Gasteiger partial charge on any atom is 0.261 e. The summed E-state index contributed by atoms with van der Waals surface area (Å²) >= 11 is 1.27. The number of nitrogens with zero attached hydrogens (tertiary/aromatic N) is 2. The Bertz CT molecular complexity index is 679. The zero-order valence-electron chi connectivity index (χ0n) is 12.0. The monoisotopic (exact) mass is 331 g/mol. The van der Waals surface area contributed by atoms with E-state index in [0.717, 1.165) is 11.1 Å². The van der Waals surface area contributed by atoms with Crippen molar-refractivity contribution in [3.05, 3.63) is 15.8 Å². The van der Waals surface area contributed by atoms with Crippen LogP contribution in [0.5, 0.6) is 0 Å². The second-order valence-electron chi connectivity index (χ2n) is 4.98. The van der Waals surface area contributed by atoms with E-state index in [9.17, 15) is 18.0 Å². The lowest BCUT2D eigenvalue weighted by Gasteiger charge is -2.14.